The van der Waals surface area contributed by atoms with Crippen LogP contribution in [0.15, 0.2) is 24.3 Å². The van der Waals surface area contributed by atoms with Crippen LogP contribution in [0.5, 0.6) is 0 Å². The summed E-state index contributed by atoms with van der Waals surface area (Å²) in [5.74, 6) is -0.385. The van der Waals surface area contributed by atoms with Crippen molar-refractivity contribution in [2.45, 2.75) is 26.7 Å². The normalized spacial score (nSPS) is 10.1. The number of carbonyl (C=O) groups is 2. The Kier molecular flexibility index (Phi) is 6.06. The zero-order valence-corrected chi connectivity index (χ0v) is 11.8. The summed E-state index contributed by atoms with van der Waals surface area (Å²) in [6, 6.07) is 7.51. The first-order valence-corrected chi connectivity index (χ1v) is 6.57. The molecule has 0 aliphatic rings. The van der Waals surface area contributed by atoms with E-state index in [1.165, 1.54) is 7.11 Å². The van der Waals surface area contributed by atoms with Gasteiger partial charge in [-0.25, -0.2) is 0 Å². The van der Waals surface area contributed by atoms with Gasteiger partial charge in [0.15, 0.2) is 5.78 Å². The molecule has 1 aromatic rings. The molecule has 0 amide bonds. The lowest BCUT2D eigenvalue weighted by Gasteiger charge is -2.20. The van der Waals surface area contributed by atoms with Gasteiger partial charge in [0.25, 0.3) is 0 Å². The van der Waals surface area contributed by atoms with Gasteiger partial charge in [0, 0.05) is 30.8 Å². The van der Waals surface area contributed by atoms with E-state index in [9.17, 15) is 9.59 Å². The number of methoxy groups -OCH3 is 1. The van der Waals surface area contributed by atoms with E-state index in [1.807, 2.05) is 24.3 Å². The summed E-state index contributed by atoms with van der Waals surface area (Å²) < 4.78 is 4.52. The summed E-state index contributed by atoms with van der Waals surface area (Å²) in [6.07, 6.45) is 0.324. The molecule has 4 nitrogen and oxygen atoms in total. The Morgan fingerprint density at radius 2 is 1.63 bits per heavy atom. The molecule has 0 aliphatic carbocycles. The number of ether oxygens (including phenoxy) is 1. The van der Waals surface area contributed by atoms with Gasteiger partial charge >= 0.3 is 5.97 Å². The second-order valence-corrected chi connectivity index (χ2v) is 4.22. The first kappa shape index (κ1) is 15.2. The number of hydrogen-bond acceptors (Lipinski definition) is 4. The molecule has 19 heavy (non-hydrogen) atoms. The van der Waals surface area contributed by atoms with Crippen molar-refractivity contribution in [1.82, 2.24) is 0 Å². The molecule has 1 rings (SSSR count). The molecule has 0 heterocycles. The predicted octanol–water partition coefficient (Wildman–Crippen LogP) is 2.67. The molecule has 0 fully saturated rings. The maximum atomic E-state index is 11.9. The Balaban J connectivity index is 2.65. The van der Waals surface area contributed by atoms with Crippen molar-refractivity contribution in [3.8, 4) is 0 Å². The van der Waals surface area contributed by atoms with E-state index in [-0.39, 0.29) is 24.6 Å². The topological polar surface area (TPSA) is 46.6 Å². The second kappa shape index (κ2) is 7.56. The molecule has 0 aromatic heterocycles. The maximum absolute atomic E-state index is 11.9. The molecule has 0 spiro atoms. The summed E-state index contributed by atoms with van der Waals surface area (Å²) in [6.45, 7) is 6.07. The van der Waals surface area contributed by atoms with E-state index in [0.29, 0.717) is 5.56 Å². The van der Waals surface area contributed by atoms with Gasteiger partial charge in [-0.1, -0.05) is 0 Å². The highest BCUT2D eigenvalue weighted by molar-refractivity contribution is 5.97. The lowest BCUT2D eigenvalue weighted by Crippen LogP contribution is -2.21. The van der Waals surface area contributed by atoms with Gasteiger partial charge in [0.1, 0.15) is 0 Å². The molecule has 0 bridgehead atoms. The highest BCUT2D eigenvalue weighted by atomic mass is 16.5. The fraction of sp³-hybridized carbons (Fsp3) is 0.467. The SMILES string of the molecule is CCN(CC)c1ccc(C(=O)CCC(=O)OC)cc1. The molecule has 104 valence electrons. The van der Waals surface area contributed by atoms with Gasteiger partial charge in [0.05, 0.1) is 13.5 Å². The standard InChI is InChI=1S/C15H21NO3/c1-4-16(5-2)13-8-6-12(7-9-13)14(17)10-11-15(18)19-3/h6-9H,4-5,10-11H2,1-3H3. The quantitative estimate of drug-likeness (QED) is 0.560. The van der Waals surface area contributed by atoms with Crippen molar-refractivity contribution >= 4 is 17.4 Å². The second-order valence-electron chi connectivity index (χ2n) is 4.22. The molecule has 0 saturated heterocycles. The zero-order valence-electron chi connectivity index (χ0n) is 11.8. The fourth-order valence-electron chi connectivity index (χ4n) is 1.91. The van der Waals surface area contributed by atoms with E-state index < -0.39 is 0 Å². The van der Waals surface area contributed by atoms with Crippen molar-refractivity contribution < 1.29 is 14.3 Å². The molecule has 0 aliphatic heterocycles. The average molecular weight is 263 g/mol. The van der Waals surface area contributed by atoms with Crippen LogP contribution in [0.1, 0.15) is 37.0 Å². The summed E-state index contributed by atoms with van der Waals surface area (Å²) in [5, 5.41) is 0. The Hall–Kier alpha value is -1.84. The van der Waals surface area contributed by atoms with Crippen molar-refractivity contribution in [2.24, 2.45) is 0 Å². The Morgan fingerprint density at radius 1 is 1.05 bits per heavy atom. The number of rotatable bonds is 7. The van der Waals surface area contributed by atoms with Crippen LogP contribution in [0.2, 0.25) is 0 Å². The van der Waals surface area contributed by atoms with E-state index in [1.54, 1.807) is 0 Å². The third-order valence-electron chi connectivity index (χ3n) is 3.10. The Morgan fingerprint density at radius 3 is 2.11 bits per heavy atom. The predicted molar refractivity (Wildman–Crippen MR) is 75.6 cm³/mol. The van der Waals surface area contributed by atoms with Crippen LogP contribution in [0.25, 0.3) is 0 Å². The summed E-state index contributed by atoms with van der Waals surface area (Å²) in [7, 11) is 1.33. The third-order valence-corrected chi connectivity index (χ3v) is 3.10. The first-order valence-electron chi connectivity index (χ1n) is 6.57. The molecule has 1 aromatic carbocycles. The minimum Gasteiger partial charge on any atom is -0.469 e. The lowest BCUT2D eigenvalue weighted by molar-refractivity contribution is -0.140. The van der Waals surface area contributed by atoms with E-state index >= 15 is 0 Å². The van der Waals surface area contributed by atoms with Crippen LogP contribution in [0.3, 0.4) is 0 Å². The van der Waals surface area contributed by atoms with Gasteiger partial charge in [-0.05, 0) is 38.1 Å². The highest BCUT2D eigenvalue weighted by Gasteiger charge is 2.10. The average Bonchev–Trinajstić information content (AvgIpc) is 2.46. The fourth-order valence-corrected chi connectivity index (χ4v) is 1.91. The lowest BCUT2D eigenvalue weighted by atomic mass is 10.1. The van der Waals surface area contributed by atoms with Gasteiger partial charge in [0.2, 0.25) is 0 Å². The molecule has 0 N–H and O–H groups in total. The van der Waals surface area contributed by atoms with Gasteiger partial charge in [-0.3, -0.25) is 9.59 Å². The molecule has 0 radical (unpaired) electrons. The number of ketones is 1. The van der Waals surface area contributed by atoms with Gasteiger partial charge < -0.3 is 9.64 Å². The first-order chi connectivity index (χ1) is 9.12. The van der Waals surface area contributed by atoms with E-state index in [4.69, 9.17) is 0 Å². The maximum Gasteiger partial charge on any atom is 0.305 e. The van der Waals surface area contributed by atoms with Crippen molar-refractivity contribution in [3.63, 3.8) is 0 Å². The van der Waals surface area contributed by atoms with Crippen LogP contribution in [-0.4, -0.2) is 32.0 Å². The van der Waals surface area contributed by atoms with Crippen LogP contribution >= 0.6 is 0 Å². The highest BCUT2D eigenvalue weighted by Crippen LogP contribution is 2.16. The van der Waals surface area contributed by atoms with E-state index in [0.717, 1.165) is 18.8 Å². The minimum absolute atomic E-state index is 0.0310. The van der Waals surface area contributed by atoms with Crippen LogP contribution in [-0.2, 0) is 9.53 Å². The summed E-state index contributed by atoms with van der Waals surface area (Å²) in [5.41, 5.74) is 1.74. The van der Waals surface area contributed by atoms with Crippen molar-refractivity contribution in [2.75, 3.05) is 25.1 Å². The van der Waals surface area contributed by atoms with Crippen LogP contribution < -0.4 is 4.90 Å². The molecule has 4 heteroatoms. The molecule has 0 atom stereocenters. The zero-order chi connectivity index (χ0) is 14.3. The Labute approximate surface area is 114 Å². The minimum atomic E-state index is -0.354. The number of benzene rings is 1. The molecular formula is C15H21NO3. The van der Waals surface area contributed by atoms with Gasteiger partial charge in [-0.15, -0.1) is 0 Å². The summed E-state index contributed by atoms with van der Waals surface area (Å²) >= 11 is 0. The molecular weight excluding hydrogens is 242 g/mol. The van der Waals surface area contributed by atoms with Crippen LogP contribution in [0, 0.1) is 0 Å². The third kappa shape index (κ3) is 4.39. The number of nitrogens with zero attached hydrogens (tertiary/aromatic N) is 1. The monoisotopic (exact) mass is 263 g/mol. The van der Waals surface area contributed by atoms with Gasteiger partial charge in [-0.2, -0.15) is 0 Å². The molecule has 0 saturated carbocycles. The number of hydrogen-bond donors (Lipinski definition) is 0. The number of anilines is 1. The number of esters is 1. The largest absolute Gasteiger partial charge is 0.469 e. The van der Waals surface area contributed by atoms with Crippen molar-refractivity contribution in [3.05, 3.63) is 29.8 Å². The summed E-state index contributed by atoms with van der Waals surface area (Å²) in [4.78, 5) is 25.1. The van der Waals surface area contributed by atoms with Crippen molar-refractivity contribution in [1.29, 1.82) is 0 Å². The van der Waals surface area contributed by atoms with E-state index in [2.05, 4.69) is 23.5 Å². The van der Waals surface area contributed by atoms with Crippen LogP contribution in [0.4, 0.5) is 5.69 Å². The number of carbonyl (C=O) groups excluding carboxylic acids is 2. The molecule has 0 unspecified atom stereocenters. The Bertz CT molecular complexity index is 422. The number of Topliss-reactive ketones (excluding diaryl/α,β-unsaturated/α-hetero) is 1. The smallest absolute Gasteiger partial charge is 0.305 e.